The van der Waals surface area contributed by atoms with Crippen LogP contribution in [0.2, 0.25) is 5.02 Å². The van der Waals surface area contributed by atoms with E-state index in [1.165, 1.54) is 0 Å². The summed E-state index contributed by atoms with van der Waals surface area (Å²) in [6, 6.07) is 6.25. The molecule has 0 radical (unpaired) electrons. The van der Waals surface area contributed by atoms with Crippen LogP contribution in [0.4, 0.5) is 4.79 Å². The molecule has 0 N–H and O–H groups in total. The number of halogens is 1. The predicted molar refractivity (Wildman–Crippen MR) is 76.5 cm³/mol. The number of urea groups is 1. The largest absolute Gasteiger partial charge is 0.334 e. The van der Waals surface area contributed by atoms with Crippen LogP contribution in [0.25, 0.3) is 0 Å². The van der Waals surface area contributed by atoms with E-state index < -0.39 is 17.8 Å². The maximum atomic E-state index is 12.4. The molecule has 0 unspecified atom stereocenters. The van der Waals surface area contributed by atoms with Crippen molar-refractivity contribution in [2.24, 2.45) is 0 Å². The van der Waals surface area contributed by atoms with Crippen molar-refractivity contribution in [2.45, 2.75) is 38.3 Å². The van der Waals surface area contributed by atoms with Crippen molar-refractivity contribution in [1.82, 2.24) is 9.80 Å². The molecule has 1 saturated heterocycles. The fourth-order valence-electron chi connectivity index (χ4n) is 2.92. The second-order valence-corrected chi connectivity index (χ2v) is 5.85. The summed E-state index contributed by atoms with van der Waals surface area (Å²) >= 11 is 5.81. The molecule has 2 aliphatic rings. The van der Waals surface area contributed by atoms with Crippen LogP contribution in [0.1, 0.15) is 31.2 Å². The molecular formula is C15H15ClN2O3. The summed E-state index contributed by atoms with van der Waals surface area (Å²) in [6.07, 6.45) is 3.57. The third-order valence-electron chi connectivity index (χ3n) is 4.03. The van der Waals surface area contributed by atoms with Crippen LogP contribution < -0.4 is 0 Å². The lowest BCUT2D eigenvalue weighted by atomic mass is 10.2. The van der Waals surface area contributed by atoms with Gasteiger partial charge in [0.25, 0.3) is 0 Å². The molecule has 110 valence electrons. The van der Waals surface area contributed by atoms with Crippen molar-refractivity contribution >= 4 is 29.4 Å². The molecule has 1 aromatic rings. The zero-order chi connectivity index (χ0) is 15.0. The van der Waals surface area contributed by atoms with E-state index in [1.807, 2.05) is 0 Å². The van der Waals surface area contributed by atoms with Gasteiger partial charge in [0.1, 0.15) is 0 Å². The zero-order valence-corrected chi connectivity index (χ0v) is 12.2. The first-order valence-electron chi connectivity index (χ1n) is 7.01. The van der Waals surface area contributed by atoms with Gasteiger partial charge in [-0.05, 0) is 30.5 Å². The van der Waals surface area contributed by atoms with Gasteiger partial charge in [-0.2, -0.15) is 0 Å². The van der Waals surface area contributed by atoms with E-state index in [0.29, 0.717) is 5.02 Å². The van der Waals surface area contributed by atoms with Gasteiger partial charge in [-0.3, -0.25) is 19.4 Å². The highest BCUT2D eigenvalue weighted by Gasteiger charge is 2.47. The Morgan fingerprint density at radius 1 is 1.00 bits per heavy atom. The summed E-state index contributed by atoms with van der Waals surface area (Å²) in [5, 5.41) is 0.585. The molecule has 1 aliphatic heterocycles. The second kappa shape index (κ2) is 5.48. The number of hydrogen-bond acceptors (Lipinski definition) is 3. The summed E-state index contributed by atoms with van der Waals surface area (Å²) in [5.41, 5.74) is 0.766. The fourth-order valence-corrected chi connectivity index (χ4v) is 3.04. The minimum Gasteiger partial charge on any atom is -0.263 e. The number of benzene rings is 1. The molecule has 0 atom stereocenters. The highest BCUT2D eigenvalue weighted by atomic mass is 35.5. The zero-order valence-electron chi connectivity index (χ0n) is 11.4. The molecule has 1 aliphatic carbocycles. The van der Waals surface area contributed by atoms with Crippen LogP contribution in [0, 0.1) is 0 Å². The highest BCUT2D eigenvalue weighted by molar-refractivity contribution is 6.44. The Labute approximate surface area is 127 Å². The smallest absolute Gasteiger partial charge is 0.263 e. The second-order valence-electron chi connectivity index (χ2n) is 5.41. The first-order valence-corrected chi connectivity index (χ1v) is 7.39. The van der Waals surface area contributed by atoms with E-state index in [4.69, 9.17) is 11.6 Å². The fraction of sp³-hybridized carbons (Fsp3) is 0.400. The maximum absolute atomic E-state index is 12.4. The Hall–Kier alpha value is -1.88. The van der Waals surface area contributed by atoms with Gasteiger partial charge in [-0.15, -0.1) is 0 Å². The van der Waals surface area contributed by atoms with Crippen molar-refractivity contribution in [3.63, 3.8) is 0 Å². The number of carbonyl (C=O) groups is 3. The van der Waals surface area contributed by atoms with Gasteiger partial charge in [0, 0.05) is 11.1 Å². The van der Waals surface area contributed by atoms with E-state index in [1.54, 1.807) is 24.3 Å². The van der Waals surface area contributed by atoms with E-state index >= 15 is 0 Å². The molecular weight excluding hydrogens is 292 g/mol. The number of nitrogens with zero attached hydrogens (tertiary/aromatic N) is 2. The van der Waals surface area contributed by atoms with Gasteiger partial charge < -0.3 is 0 Å². The van der Waals surface area contributed by atoms with Gasteiger partial charge in [-0.1, -0.05) is 36.6 Å². The van der Waals surface area contributed by atoms with Crippen molar-refractivity contribution in [3.05, 3.63) is 34.9 Å². The Morgan fingerprint density at radius 3 is 2.24 bits per heavy atom. The first kappa shape index (κ1) is 14.1. The van der Waals surface area contributed by atoms with Crippen LogP contribution in [0.15, 0.2) is 24.3 Å². The summed E-state index contributed by atoms with van der Waals surface area (Å²) < 4.78 is 0. The van der Waals surface area contributed by atoms with E-state index in [9.17, 15) is 14.4 Å². The minimum atomic E-state index is -0.734. The molecule has 5 nitrogen and oxygen atoms in total. The van der Waals surface area contributed by atoms with Crippen molar-refractivity contribution in [3.8, 4) is 0 Å². The average Bonchev–Trinajstić information content (AvgIpc) is 3.05. The van der Waals surface area contributed by atoms with Crippen LogP contribution in [0.5, 0.6) is 0 Å². The van der Waals surface area contributed by atoms with Crippen molar-refractivity contribution in [1.29, 1.82) is 0 Å². The third kappa shape index (κ3) is 2.53. The first-order chi connectivity index (χ1) is 10.1. The number of rotatable bonds is 3. The highest BCUT2D eigenvalue weighted by Crippen LogP contribution is 2.28. The molecule has 1 heterocycles. The Morgan fingerprint density at radius 2 is 1.62 bits per heavy atom. The Kier molecular flexibility index (Phi) is 3.68. The Balaban J connectivity index is 1.79. The monoisotopic (exact) mass is 306 g/mol. The molecule has 0 spiro atoms. The minimum absolute atomic E-state index is 0.101. The number of hydrogen-bond donors (Lipinski definition) is 0. The quantitative estimate of drug-likeness (QED) is 0.637. The summed E-state index contributed by atoms with van der Waals surface area (Å²) in [6.45, 7) is 0.101. The summed E-state index contributed by atoms with van der Waals surface area (Å²) in [5.74, 6) is -1.43. The van der Waals surface area contributed by atoms with E-state index in [0.717, 1.165) is 41.0 Å². The molecule has 1 saturated carbocycles. The summed E-state index contributed by atoms with van der Waals surface area (Å²) in [4.78, 5) is 38.6. The van der Waals surface area contributed by atoms with Gasteiger partial charge >= 0.3 is 17.8 Å². The molecule has 0 bridgehead atoms. The normalized spacial score (nSPS) is 20.0. The standard InChI is InChI=1S/C15H15ClN2O3/c16-11-7-5-10(6-8-11)9-17-13(19)14(20)18(15(17)21)12-3-1-2-4-12/h5-8,12H,1-4,9H2. The van der Waals surface area contributed by atoms with Crippen LogP contribution in [-0.4, -0.2) is 33.7 Å². The van der Waals surface area contributed by atoms with Gasteiger partial charge in [0.05, 0.1) is 6.54 Å². The molecule has 1 aromatic carbocycles. The molecule has 2 fully saturated rings. The molecule has 21 heavy (non-hydrogen) atoms. The van der Waals surface area contributed by atoms with Crippen LogP contribution >= 0.6 is 11.6 Å². The van der Waals surface area contributed by atoms with Gasteiger partial charge in [0.15, 0.2) is 0 Å². The lowest BCUT2D eigenvalue weighted by molar-refractivity contribution is -0.144. The molecule has 4 amide bonds. The molecule has 6 heteroatoms. The topological polar surface area (TPSA) is 57.7 Å². The average molecular weight is 307 g/mol. The number of amides is 4. The van der Waals surface area contributed by atoms with E-state index in [2.05, 4.69) is 0 Å². The van der Waals surface area contributed by atoms with E-state index in [-0.39, 0.29) is 12.6 Å². The third-order valence-corrected chi connectivity index (χ3v) is 4.28. The van der Waals surface area contributed by atoms with Crippen molar-refractivity contribution in [2.75, 3.05) is 0 Å². The number of imide groups is 2. The predicted octanol–water partition coefficient (Wildman–Crippen LogP) is 2.57. The SMILES string of the molecule is O=C1C(=O)N(C2CCCC2)C(=O)N1Cc1ccc(Cl)cc1. The Bertz CT molecular complexity index is 593. The number of carbonyl (C=O) groups excluding carboxylic acids is 3. The van der Waals surface area contributed by atoms with Gasteiger partial charge in [-0.25, -0.2) is 4.79 Å². The lowest BCUT2D eigenvalue weighted by Gasteiger charge is -2.21. The van der Waals surface area contributed by atoms with Crippen LogP contribution in [0.3, 0.4) is 0 Å². The molecule has 3 rings (SSSR count). The summed E-state index contributed by atoms with van der Waals surface area (Å²) in [7, 11) is 0. The lowest BCUT2D eigenvalue weighted by Crippen LogP contribution is -2.39. The van der Waals surface area contributed by atoms with Crippen molar-refractivity contribution < 1.29 is 14.4 Å². The van der Waals surface area contributed by atoms with Crippen LogP contribution in [-0.2, 0) is 16.1 Å². The van der Waals surface area contributed by atoms with Gasteiger partial charge in [0.2, 0.25) is 0 Å². The molecule has 0 aromatic heterocycles. The maximum Gasteiger partial charge on any atom is 0.334 e.